The molecule has 0 aliphatic carbocycles. The van der Waals surface area contributed by atoms with Crippen molar-refractivity contribution in [2.24, 2.45) is 10.3 Å². The number of esters is 1. The van der Waals surface area contributed by atoms with E-state index in [1.54, 1.807) is 30.3 Å². The summed E-state index contributed by atoms with van der Waals surface area (Å²) in [7, 11) is 1.43. The van der Waals surface area contributed by atoms with E-state index in [0.717, 1.165) is 10.5 Å². The van der Waals surface area contributed by atoms with Crippen LogP contribution in [0.1, 0.15) is 18.8 Å². The molecular weight excluding hydrogens is 496 g/mol. The average Bonchev–Trinajstić information content (AvgIpc) is 3.48. The highest BCUT2D eigenvalue weighted by molar-refractivity contribution is 6.25. The van der Waals surface area contributed by atoms with E-state index >= 15 is 0 Å². The number of benzene rings is 2. The minimum Gasteiger partial charge on any atom is -0.457 e. The lowest BCUT2D eigenvalue weighted by Gasteiger charge is -2.50. The van der Waals surface area contributed by atoms with Gasteiger partial charge in [-0.2, -0.15) is 5.11 Å². The smallest absolute Gasteiger partial charge is 0.303 e. The maximum absolute atomic E-state index is 13.6. The lowest BCUT2D eigenvalue weighted by molar-refractivity contribution is -0.351. The lowest BCUT2D eigenvalue weighted by atomic mass is 9.93. The highest BCUT2D eigenvalue weighted by Gasteiger charge is 2.62. The molecule has 2 amide bonds. The first-order valence-corrected chi connectivity index (χ1v) is 12.3. The molecule has 0 N–H and O–H groups in total. The van der Waals surface area contributed by atoms with E-state index in [2.05, 4.69) is 10.3 Å². The zero-order chi connectivity index (χ0) is 26.4. The van der Waals surface area contributed by atoms with Crippen molar-refractivity contribution in [3.05, 3.63) is 66.2 Å². The summed E-state index contributed by atoms with van der Waals surface area (Å²) < 4.78 is 29.8. The molecule has 12 nitrogen and oxygen atoms in total. The van der Waals surface area contributed by atoms with Crippen LogP contribution in [0.3, 0.4) is 0 Å². The summed E-state index contributed by atoms with van der Waals surface area (Å²) in [6.07, 6.45) is -4.10. The third-order valence-corrected chi connectivity index (χ3v) is 7.04. The van der Waals surface area contributed by atoms with Gasteiger partial charge in [-0.25, -0.2) is 4.90 Å². The Morgan fingerprint density at radius 3 is 2.39 bits per heavy atom. The highest BCUT2D eigenvalue weighted by Crippen LogP contribution is 2.41. The molecule has 1 unspecified atom stereocenters. The molecule has 12 heteroatoms. The molecule has 3 saturated heterocycles. The summed E-state index contributed by atoms with van der Waals surface area (Å²) in [6.45, 7) is 1.44. The number of rotatable bonds is 5. The number of methoxy groups -OCH3 is 1. The van der Waals surface area contributed by atoms with Crippen LogP contribution in [0.15, 0.2) is 71.0 Å². The molecule has 4 aliphatic rings. The fourth-order valence-electron chi connectivity index (χ4n) is 5.40. The standard InChI is InChI=1S/C26H26N4O8/c1-14(31)36-22-20(26(34-2)37-17-13-35-25(38-21(17)22)15-9-5-3-6-10-15)30-19-18(27-28-30)23(32)29(24(19)33)16-11-7-4-8-12-16/h3-12,17-22,25-26H,13H2,1-2H3/t17-,18+,19-,20+,21-,22+,25?,26+/m1/s1. The molecule has 4 aliphatic heterocycles. The summed E-state index contributed by atoms with van der Waals surface area (Å²) in [4.78, 5) is 40.2. The minimum atomic E-state index is -1.06. The Labute approximate surface area is 218 Å². The van der Waals surface area contributed by atoms with Gasteiger partial charge >= 0.3 is 5.97 Å². The predicted octanol–water partition coefficient (Wildman–Crippen LogP) is 1.77. The second kappa shape index (κ2) is 9.87. The first-order valence-electron chi connectivity index (χ1n) is 12.3. The van der Waals surface area contributed by atoms with Gasteiger partial charge in [0.15, 0.2) is 30.8 Å². The Morgan fingerprint density at radius 2 is 1.71 bits per heavy atom. The van der Waals surface area contributed by atoms with Crippen molar-refractivity contribution in [1.82, 2.24) is 5.01 Å². The molecule has 198 valence electrons. The fraction of sp³-hybridized carbons (Fsp3) is 0.423. The second-order valence-electron chi connectivity index (χ2n) is 9.34. The maximum Gasteiger partial charge on any atom is 0.303 e. The Morgan fingerprint density at radius 1 is 1.00 bits per heavy atom. The van der Waals surface area contributed by atoms with Crippen molar-refractivity contribution >= 4 is 23.5 Å². The van der Waals surface area contributed by atoms with Crippen molar-refractivity contribution in [1.29, 1.82) is 0 Å². The summed E-state index contributed by atoms with van der Waals surface area (Å²) in [5, 5.41) is 9.69. The van der Waals surface area contributed by atoms with Gasteiger partial charge < -0.3 is 23.7 Å². The predicted molar refractivity (Wildman–Crippen MR) is 128 cm³/mol. The zero-order valence-electron chi connectivity index (χ0n) is 20.7. The Hall–Kier alpha value is -3.71. The number of hydrogen-bond acceptors (Lipinski definition) is 11. The number of imide groups is 1. The molecule has 2 aromatic rings. The van der Waals surface area contributed by atoms with Crippen molar-refractivity contribution in [3.8, 4) is 0 Å². The van der Waals surface area contributed by atoms with E-state index in [9.17, 15) is 14.4 Å². The molecule has 6 rings (SSSR count). The summed E-state index contributed by atoms with van der Waals surface area (Å²) in [5.74, 6) is -1.55. The van der Waals surface area contributed by atoms with Gasteiger partial charge in [-0.1, -0.05) is 53.8 Å². The molecule has 0 aromatic heterocycles. The largest absolute Gasteiger partial charge is 0.457 e. The average molecular weight is 523 g/mol. The number of nitrogens with zero attached hydrogens (tertiary/aromatic N) is 4. The van der Waals surface area contributed by atoms with Crippen LogP contribution in [-0.4, -0.2) is 79.2 Å². The number of ether oxygens (including phenoxy) is 5. The number of anilines is 1. The van der Waals surface area contributed by atoms with Gasteiger partial charge in [0.1, 0.15) is 18.2 Å². The van der Waals surface area contributed by atoms with Crippen LogP contribution in [-0.2, 0) is 38.1 Å². The van der Waals surface area contributed by atoms with Gasteiger partial charge in [-0.15, -0.1) is 0 Å². The molecule has 2 aromatic carbocycles. The van der Waals surface area contributed by atoms with E-state index in [1.807, 2.05) is 30.3 Å². The minimum absolute atomic E-state index is 0.154. The van der Waals surface area contributed by atoms with Crippen LogP contribution in [0.2, 0.25) is 0 Å². The van der Waals surface area contributed by atoms with E-state index in [-0.39, 0.29) is 6.61 Å². The number of hydrogen-bond donors (Lipinski definition) is 0. The molecule has 4 heterocycles. The number of para-hydroxylation sites is 1. The van der Waals surface area contributed by atoms with Crippen LogP contribution in [0, 0.1) is 0 Å². The van der Waals surface area contributed by atoms with Gasteiger partial charge in [-0.05, 0) is 12.1 Å². The van der Waals surface area contributed by atoms with Gasteiger partial charge in [0.25, 0.3) is 11.8 Å². The fourth-order valence-corrected chi connectivity index (χ4v) is 5.40. The SMILES string of the molecule is CO[C@H]1O[C@@H]2COC(c3ccccc3)O[C@H]2[C@@H](OC(C)=O)[C@@H]1N1N=N[C@@H]2C(=O)N(c3ccccc3)C(=O)[C@@H]21. The summed E-state index contributed by atoms with van der Waals surface area (Å²) >= 11 is 0. The van der Waals surface area contributed by atoms with Crippen molar-refractivity contribution in [2.75, 3.05) is 18.6 Å². The Bertz CT molecular complexity index is 1240. The van der Waals surface area contributed by atoms with E-state index in [4.69, 9.17) is 23.7 Å². The van der Waals surface area contributed by atoms with Crippen LogP contribution in [0.25, 0.3) is 0 Å². The zero-order valence-corrected chi connectivity index (χ0v) is 20.7. The topological polar surface area (TPSA) is 129 Å². The third kappa shape index (κ3) is 4.06. The lowest BCUT2D eigenvalue weighted by Crippen LogP contribution is -2.68. The Kier molecular flexibility index (Phi) is 6.40. The molecule has 0 saturated carbocycles. The Balaban J connectivity index is 1.33. The molecule has 8 atom stereocenters. The van der Waals surface area contributed by atoms with Crippen molar-refractivity contribution in [2.45, 2.75) is 55.9 Å². The molecule has 0 spiro atoms. The van der Waals surface area contributed by atoms with Crippen molar-refractivity contribution in [3.63, 3.8) is 0 Å². The molecule has 0 radical (unpaired) electrons. The number of carbonyl (C=O) groups excluding carboxylic acids is 3. The summed E-state index contributed by atoms with van der Waals surface area (Å²) in [6, 6.07) is 14.9. The molecular formula is C26H26N4O8. The van der Waals surface area contributed by atoms with E-state index < -0.39 is 66.8 Å². The second-order valence-corrected chi connectivity index (χ2v) is 9.34. The first kappa shape index (κ1) is 24.6. The van der Waals surface area contributed by atoms with Crippen LogP contribution in [0.4, 0.5) is 5.69 Å². The van der Waals surface area contributed by atoms with Crippen LogP contribution < -0.4 is 4.90 Å². The van der Waals surface area contributed by atoms with E-state index in [0.29, 0.717) is 5.69 Å². The maximum atomic E-state index is 13.6. The first-order chi connectivity index (χ1) is 18.5. The number of amides is 2. The third-order valence-electron chi connectivity index (χ3n) is 7.04. The van der Waals surface area contributed by atoms with Gasteiger partial charge in [-0.3, -0.25) is 19.4 Å². The molecule has 0 bridgehead atoms. The number of fused-ring (bicyclic) bond motifs is 2. The van der Waals surface area contributed by atoms with Crippen LogP contribution >= 0.6 is 0 Å². The molecule has 3 fully saturated rings. The summed E-state index contributed by atoms with van der Waals surface area (Å²) in [5.41, 5.74) is 1.22. The van der Waals surface area contributed by atoms with Gasteiger partial charge in [0.05, 0.1) is 12.3 Å². The normalized spacial score (nSPS) is 34.3. The van der Waals surface area contributed by atoms with E-state index in [1.165, 1.54) is 19.0 Å². The van der Waals surface area contributed by atoms with Crippen molar-refractivity contribution < 1.29 is 38.1 Å². The molecule has 38 heavy (non-hydrogen) atoms. The van der Waals surface area contributed by atoms with Gasteiger partial charge in [0, 0.05) is 19.6 Å². The quantitative estimate of drug-likeness (QED) is 0.426. The van der Waals surface area contributed by atoms with Crippen LogP contribution in [0.5, 0.6) is 0 Å². The number of carbonyl (C=O) groups is 3. The van der Waals surface area contributed by atoms with Gasteiger partial charge in [0.2, 0.25) is 0 Å². The highest BCUT2D eigenvalue weighted by atomic mass is 16.7. The monoisotopic (exact) mass is 522 g/mol.